The van der Waals surface area contributed by atoms with Crippen LogP contribution in [0.1, 0.15) is 24.3 Å². The summed E-state index contributed by atoms with van der Waals surface area (Å²) in [4.78, 5) is 1.39. The second-order valence-corrected chi connectivity index (χ2v) is 6.25. The van der Waals surface area contributed by atoms with Crippen LogP contribution in [0.15, 0.2) is 35.7 Å². The van der Waals surface area contributed by atoms with Crippen LogP contribution in [0.2, 0.25) is 0 Å². The number of hydrogen-bond acceptors (Lipinski definition) is 3. The third kappa shape index (κ3) is 2.85. The van der Waals surface area contributed by atoms with Crippen LogP contribution < -0.4 is 11.1 Å². The quantitative estimate of drug-likeness (QED) is 0.815. The number of aryl methyl sites for hydroxylation is 1. The lowest BCUT2D eigenvalue weighted by atomic mass is 9.91. The number of anilines is 2. The zero-order chi connectivity index (χ0) is 13.2. The Balaban J connectivity index is 2.09. The van der Waals surface area contributed by atoms with Crippen LogP contribution in [0, 0.1) is 6.92 Å². The molecule has 0 bridgehead atoms. The Morgan fingerprint density at radius 3 is 2.72 bits per heavy atom. The van der Waals surface area contributed by atoms with E-state index in [-0.39, 0.29) is 5.41 Å². The van der Waals surface area contributed by atoms with Crippen LogP contribution in [-0.2, 0) is 5.41 Å². The minimum absolute atomic E-state index is 0.115. The zero-order valence-corrected chi connectivity index (χ0v) is 12.0. The first-order chi connectivity index (χ1) is 8.49. The molecule has 0 amide bonds. The Morgan fingerprint density at radius 1 is 1.28 bits per heavy atom. The van der Waals surface area contributed by atoms with Gasteiger partial charge in [-0.2, -0.15) is 0 Å². The molecule has 0 saturated carbocycles. The number of rotatable bonds is 4. The molecule has 0 radical (unpaired) electrons. The van der Waals surface area contributed by atoms with E-state index in [9.17, 15) is 0 Å². The fourth-order valence-corrected chi connectivity index (χ4v) is 2.74. The van der Waals surface area contributed by atoms with E-state index in [1.54, 1.807) is 11.3 Å². The topological polar surface area (TPSA) is 38.0 Å². The largest absolute Gasteiger partial charge is 0.397 e. The van der Waals surface area contributed by atoms with E-state index in [2.05, 4.69) is 49.7 Å². The second-order valence-electron chi connectivity index (χ2n) is 5.31. The summed E-state index contributed by atoms with van der Waals surface area (Å²) in [5.41, 5.74) is 9.15. The van der Waals surface area contributed by atoms with Crippen molar-refractivity contribution in [3.8, 4) is 0 Å². The van der Waals surface area contributed by atoms with Crippen molar-refractivity contribution >= 4 is 22.7 Å². The molecule has 0 atom stereocenters. The van der Waals surface area contributed by atoms with Crippen LogP contribution in [-0.4, -0.2) is 6.54 Å². The van der Waals surface area contributed by atoms with E-state index in [0.29, 0.717) is 0 Å². The van der Waals surface area contributed by atoms with E-state index < -0.39 is 0 Å². The minimum Gasteiger partial charge on any atom is -0.397 e. The molecular formula is C15H20N2S. The van der Waals surface area contributed by atoms with Crippen LogP contribution in [0.25, 0.3) is 0 Å². The van der Waals surface area contributed by atoms with Gasteiger partial charge in [-0.15, -0.1) is 11.3 Å². The number of thiophene rings is 1. The molecule has 0 saturated heterocycles. The highest BCUT2D eigenvalue weighted by atomic mass is 32.1. The van der Waals surface area contributed by atoms with Gasteiger partial charge in [0.1, 0.15) is 0 Å². The van der Waals surface area contributed by atoms with Crippen molar-refractivity contribution in [2.24, 2.45) is 0 Å². The standard InChI is InChI=1S/C15H20N2S/c1-11-6-7-12(16)13(9-11)17-10-15(2,3)14-5-4-8-18-14/h4-9,17H,10,16H2,1-3H3. The van der Waals surface area contributed by atoms with Gasteiger partial charge in [0.25, 0.3) is 0 Å². The fourth-order valence-electron chi connectivity index (χ4n) is 1.89. The van der Waals surface area contributed by atoms with E-state index >= 15 is 0 Å². The second kappa shape index (κ2) is 5.02. The number of nitrogen functional groups attached to an aromatic ring is 1. The molecule has 18 heavy (non-hydrogen) atoms. The van der Waals surface area contributed by atoms with E-state index in [1.165, 1.54) is 10.4 Å². The average Bonchev–Trinajstić information content (AvgIpc) is 2.85. The summed E-state index contributed by atoms with van der Waals surface area (Å²) in [7, 11) is 0. The van der Waals surface area contributed by atoms with Gasteiger partial charge in [-0.3, -0.25) is 0 Å². The smallest absolute Gasteiger partial charge is 0.0576 e. The molecule has 1 aromatic carbocycles. The summed E-state index contributed by atoms with van der Waals surface area (Å²) in [5.74, 6) is 0. The van der Waals surface area contributed by atoms with Crippen LogP contribution in [0.5, 0.6) is 0 Å². The first kappa shape index (κ1) is 13.0. The third-order valence-corrected chi connectivity index (χ3v) is 4.35. The van der Waals surface area contributed by atoms with Gasteiger partial charge in [0.15, 0.2) is 0 Å². The normalized spacial score (nSPS) is 11.5. The van der Waals surface area contributed by atoms with Crippen molar-refractivity contribution in [1.29, 1.82) is 0 Å². The Bertz CT molecular complexity index is 515. The van der Waals surface area contributed by atoms with Gasteiger partial charge < -0.3 is 11.1 Å². The molecular weight excluding hydrogens is 240 g/mol. The first-order valence-corrected chi connectivity index (χ1v) is 7.01. The number of nitrogens with one attached hydrogen (secondary N) is 1. The Hall–Kier alpha value is -1.48. The van der Waals surface area contributed by atoms with Crippen molar-refractivity contribution in [1.82, 2.24) is 0 Å². The van der Waals surface area contributed by atoms with Crippen molar-refractivity contribution in [3.05, 3.63) is 46.2 Å². The summed E-state index contributed by atoms with van der Waals surface area (Å²) in [6, 6.07) is 10.4. The molecule has 0 aliphatic rings. The van der Waals surface area contributed by atoms with Crippen LogP contribution >= 0.6 is 11.3 Å². The molecule has 3 N–H and O–H groups in total. The van der Waals surface area contributed by atoms with E-state index in [4.69, 9.17) is 5.73 Å². The Morgan fingerprint density at radius 2 is 2.06 bits per heavy atom. The van der Waals surface area contributed by atoms with Gasteiger partial charge >= 0.3 is 0 Å². The van der Waals surface area contributed by atoms with E-state index in [0.717, 1.165) is 17.9 Å². The van der Waals surface area contributed by atoms with Crippen molar-refractivity contribution < 1.29 is 0 Å². The molecule has 1 aromatic heterocycles. The highest BCUT2D eigenvalue weighted by Gasteiger charge is 2.21. The number of hydrogen-bond donors (Lipinski definition) is 2. The van der Waals surface area contributed by atoms with Gasteiger partial charge in [-0.1, -0.05) is 26.0 Å². The Kier molecular flexibility index (Phi) is 3.62. The summed E-state index contributed by atoms with van der Waals surface area (Å²) in [5, 5.41) is 5.59. The third-order valence-electron chi connectivity index (χ3n) is 3.12. The number of nitrogens with two attached hydrogens (primary N) is 1. The molecule has 0 unspecified atom stereocenters. The molecule has 0 fully saturated rings. The van der Waals surface area contributed by atoms with Gasteiger partial charge in [-0.05, 0) is 36.1 Å². The highest BCUT2D eigenvalue weighted by Crippen LogP contribution is 2.29. The van der Waals surface area contributed by atoms with Crippen molar-refractivity contribution in [2.75, 3.05) is 17.6 Å². The molecule has 0 aliphatic carbocycles. The Labute approximate surface area is 113 Å². The number of benzene rings is 1. The predicted octanol–water partition coefficient (Wildman–Crippen LogP) is 4.03. The summed E-state index contributed by atoms with van der Waals surface area (Å²) < 4.78 is 0. The monoisotopic (exact) mass is 260 g/mol. The van der Waals surface area contributed by atoms with Gasteiger partial charge in [0.2, 0.25) is 0 Å². The molecule has 1 heterocycles. The molecule has 2 rings (SSSR count). The fraction of sp³-hybridized carbons (Fsp3) is 0.333. The highest BCUT2D eigenvalue weighted by molar-refractivity contribution is 7.10. The first-order valence-electron chi connectivity index (χ1n) is 6.13. The van der Waals surface area contributed by atoms with E-state index in [1.807, 2.05) is 12.1 Å². The van der Waals surface area contributed by atoms with Crippen LogP contribution in [0.3, 0.4) is 0 Å². The zero-order valence-electron chi connectivity index (χ0n) is 11.2. The maximum atomic E-state index is 5.98. The SMILES string of the molecule is Cc1ccc(N)c(NCC(C)(C)c2cccs2)c1. The lowest BCUT2D eigenvalue weighted by Crippen LogP contribution is -2.26. The molecule has 96 valence electrons. The van der Waals surface area contributed by atoms with Crippen LogP contribution in [0.4, 0.5) is 11.4 Å². The predicted molar refractivity (Wildman–Crippen MR) is 81.4 cm³/mol. The maximum Gasteiger partial charge on any atom is 0.0576 e. The molecule has 2 aromatic rings. The molecule has 2 nitrogen and oxygen atoms in total. The maximum absolute atomic E-state index is 5.98. The molecule has 0 spiro atoms. The lowest BCUT2D eigenvalue weighted by Gasteiger charge is -2.25. The summed E-state index contributed by atoms with van der Waals surface area (Å²) >= 11 is 1.80. The lowest BCUT2D eigenvalue weighted by molar-refractivity contribution is 0.569. The summed E-state index contributed by atoms with van der Waals surface area (Å²) in [6.45, 7) is 7.45. The van der Waals surface area contributed by atoms with Gasteiger partial charge in [0, 0.05) is 16.8 Å². The van der Waals surface area contributed by atoms with Gasteiger partial charge in [0.05, 0.1) is 11.4 Å². The minimum atomic E-state index is 0.115. The van der Waals surface area contributed by atoms with Crippen molar-refractivity contribution in [2.45, 2.75) is 26.2 Å². The molecule has 0 aliphatic heterocycles. The average molecular weight is 260 g/mol. The summed E-state index contributed by atoms with van der Waals surface area (Å²) in [6.07, 6.45) is 0. The van der Waals surface area contributed by atoms with Gasteiger partial charge in [-0.25, -0.2) is 0 Å². The molecule has 3 heteroatoms. The van der Waals surface area contributed by atoms with Crippen molar-refractivity contribution in [3.63, 3.8) is 0 Å².